The molecule has 0 bridgehead atoms. The molecule has 1 rings (SSSR count). The molecule has 0 spiro atoms. The molecule has 4 nitrogen and oxygen atoms in total. The fourth-order valence-electron chi connectivity index (χ4n) is 1.04. The Morgan fingerprint density at radius 3 is 2.62 bits per heavy atom. The van der Waals surface area contributed by atoms with Crippen molar-refractivity contribution in [2.45, 2.75) is 19.4 Å². The van der Waals surface area contributed by atoms with Crippen LogP contribution in [0.4, 0.5) is 11.5 Å². The lowest BCUT2D eigenvalue weighted by atomic mass is 10.0. The average Bonchev–Trinajstić information content (AvgIpc) is 2.16. The maximum atomic E-state index is 5.63. The summed E-state index contributed by atoms with van der Waals surface area (Å²) in [6, 6.07) is 1.85. The number of likely N-dealkylation sites (N-methyl/N-ethyl adjacent to an activating group) is 1. The minimum absolute atomic E-state index is 0.0719. The van der Waals surface area contributed by atoms with E-state index in [1.165, 1.54) is 0 Å². The third kappa shape index (κ3) is 3.35. The molecule has 0 aliphatic carbocycles. The van der Waals surface area contributed by atoms with Gasteiger partial charge in [0.15, 0.2) is 0 Å². The number of hydrogen-bond acceptors (Lipinski definition) is 4. The number of anilines is 2. The smallest absolute Gasteiger partial charge is 0.140 e. The van der Waals surface area contributed by atoms with E-state index in [0.717, 1.165) is 16.8 Å². The van der Waals surface area contributed by atoms with Crippen molar-refractivity contribution in [1.82, 2.24) is 9.88 Å². The summed E-state index contributed by atoms with van der Waals surface area (Å²) in [5, 5.41) is 3.31. The minimum atomic E-state index is 0.0719. The number of pyridine rings is 1. The van der Waals surface area contributed by atoms with Gasteiger partial charge in [-0.25, -0.2) is 4.98 Å². The second kappa shape index (κ2) is 5.01. The fraction of sp³-hybridized carbons (Fsp3) is 0.545. The molecule has 1 aromatic rings. The Balaban J connectivity index is 2.68. The van der Waals surface area contributed by atoms with E-state index in [-0.39, 0.29) is 5.54 Å². The summed E-state index contributed by atoms with van der Waals surface area (Å²) in [5.41, 5.74) is 6.36. The van der Waals surface area contributed by atoms with Gasteiger partial charge in [0, 0.05) is 12.1 Å². The molecule has 0 amide bonds. The summed E-state index contributed by atoms with van der Waals surface area (Å²) >= 11 is 3.43. The van der Waals surface area contributed by atoms with Gasteiger partial charge in [-0.05, 0) is 49.9 Å². The summed E-state index contributed by atoms with van der Waals surface area (Å²) in [6.45, 7) is 5.16. The first-order valence-corrected chi connectivity index (χ1v) is 5.94. The normalized spacial score (nSPS) is 11.9. The van der Waals surface area contributed by atoms with E-state index < -0.39 is 0 Å². The van der Waals surface area contributed by atoms with Crippen LogP contribution < -0.4 is 11.1 Å². The highest BCUT2D eigenvalue weighted by Crippen LogP contribution is 2.22. The molecule has 0 aliphatic rings. The molecule has 1 heterocycles. The second-order valence-electron chi connectivity index (χ2n) is 4.66. The summed E-state index contributed by atoms with van der Waals surface area (Å²) < 4.78 is 0.891. The Morgan fingerprint density at radius 2 is 2.12 bits per heavy atom. The van der Waals surface area contributed by atoms with Crippen LogP contribution in [0.5, 0.6) is 0 Å². The van der Waals surface area contributed by atoms with Gasteiger partial charge in [0.25, 0.3) is 0 Å². The molecule has 90 valence electrons. The standard InChI is InChI=1S/C11H19BrN4/c1-11(2,16(3)4)7-15-10-9(12)5-8(13)6-14-10/h5-6H,7,13H2,1-4H3,(H,14,15). The van der Waals surface area contributed by atoms with Crippen LogP contribution in [0.15, 0.2) is 16.7 Å². The van der Waals surface area contributed by atoms with E-state index in [4.69, 9.17) is 5.73 Å². The van der Waals surface area contributed by atoms with Gasteiger partial charge in [-0.1, -0.05) is 0 Å². The fourth-order valence-corrected chi connectivity index (χ4v) is 1.55. The van der Waals surface area contributed by atoms with Gasteiger partial charge in [-0.2, -0.15) is 0 Å². The number of halogens is 1. The van der Waals surface area contributed by atoms with Crippen molar-refractivity contribution in [2.75, 3.05) is 31.7 Å². The molecule has 0 aromatic carbocycles. The lowest BCUT2D eigenvalue weighted by molar-refractivity contribution is 0.210. The quantitative estimate of drug-likeness (QED) is 0.891. The molecular formula is C11H19BrN4. The number of hydrogen-bond donors (Lipinski definition) is 2. The van der Waals surface area contributed by atoms with E-state index in [1.807, 2.05) is 6.07 Å². The van der Waals surface area contributed by atoms with Gasteiger partial charge in [0.2, 0.25) is 0 Å². The van der Waals surface area contributed by atoms with Gasteiger partial charge in [-0.15, -0.1) is 0 Å². The van der Waals surface area contributed by atoms with Crippen LogP contribution in [-0.2, 0) is 0 Å². The van der Waals surface area contributed by atoms with Gasteiger partial charge >= 0.3 is 0 Å². The van der Waals surface area contributed by atoms with Gasteiger partial charge in [0.05, 0.1) is 16.4 Å². The Hall–Kier alpha value is -0.810. The molecule has 0 fully saturated rings. The van der Waals surface area contributed by atoms with Crippen molar-refractivity contribution >= 4 is 27.4 Å². The van der Waals surface area contributed by atoms with Crippen molar-refractivity contribution in [1.29, 1.82) is 0 Å². The average molecular weight is 287 g/mol. The molecule has 0 aliphatic heterocycles. The Morgan fingerprint density at radius 1 is 1.50 bits per heavy atom. The van der Waals surface area contributed by atoms with Gasteiger partial charge in [0.1, 0.15) is 5.82 Å². The summed E-state index contributed by atoms with van der Waals surface area (Å²) in [6.07, 6.45) is 1.65. The topological polar surface area (TPSA) is 54.2 Å². The molecule has 3 N–H and O–H groups in total. The number of nitrogens with two attached hydrogens (primary N) is 1. The number of rotatable bonds is 4. The zero-order valence-corrected chi connectivity index (χ0v) is 11.8. The van der Waals surface area contributed by atoms with Crippen LogP contribution in [0.3, 0.4) is 0 Å². The summed E-state index contributed by atoms with van der Waals surface area (Å²) in [4.78, 5) is 6.41. The highest BCUT2D eigenvalue weighted by Gasteiger charge is 2.20. The van der Waals surface area contributed by atoms with Crippen molar-refractivity contribution < 1.29 is 0 Å². The van der Waals surface area contributed by atoms with E-state index in [1.54, 1.807) is 6.20 Å². The molecule has 0 radical (unpaired) electrons. The number of aromatic nitrogens is 1. The highest BCUT2D eigenvalue weighted by atomic mass is 79.9. The van der Waals surface area contributed by atoms with Crippen LogP contribution in [0.1, 0.15) is 13.8 Å². The van der Waals surface area contributed by atoms with Gasteiger partial charge < -0.3 is 16.0 Å². The third-order valence-electron chi connectivity index (χ3n) is 2.76. The Bertz CT molecular complexity index is 363. The largest absolute Gasteiger partial charge is 0.397 e. The van der Waals surface area contributed by atoms with Crippen molar-refractivity contribution in [3.63, 3.8) is 0 Å². The van der Waals surface area contributed by atoms with Gasteiger partial charge in [-0.3, -0.25) is 0 Å². The van der Waals surface area contributed by atoms with Crippen LogP contribution >= 0.6 is 15.9 Å². The molecule has 1 aromatic heterocycles. The second-order valence-corrected chi connectivity index (χ2v) is 5.51. The highest BCUT2D eigenvalue weighted by molar-refractivity contribution is 9.10. The maximum Gasteiger partial charge on any atom is 0.140 e. The molecule has 0 saturated heterocycles. The van der Waals surface area contributed by atoms with Crippen LogP contribution in [0, 0.1) is 0 Å². The lowest BCUT2D eigenvalue weighted by Crippen LogP contribution is -2.44. The summed E-state index contributed by atoms with van der Waals surface area (Å²) in [7, 11) is 4.13. The molecular weight excluding hydrogens is 268 g/mol. The van der Waals surface area contributed by atoms with Crippen LogP contribution in [0.2, 0.25) is 0 Å². The minimum Gasteiger partial charge on any atom is -0.397 e. The molecule has 0 atom stereocenters. The Kier molecular flexibility index (Phi) is 4.15. The molecule has 0 saturated carbocycles. The van der Waals surface area contributed by atoms with E-state index in [0.29, 0.717) is 5.69 Å². The first kappa shape index (κ1) is 13.3. The number of nitrogen functional groups attached to an aromatic ring is 1. The molecule has 5 heteroatoms. The zero-order chi connectivity index (χ0) is 12.3. The first-order valence-electron chi connectivity index (χ1n) is 5.15. The molecule has 16 heavy (non-hydrogen) atoms. The van der Waals surface area contributed by atoms with Crippen LogP contribution in [-0.4, -0.2) is 36.1 Å². The van der Waals surface area contributed by atoms with Crippen molar-refractivity contribution in [3.05, 3.63) is 16.7 Å². The SMILES string of the molecule is CN(C)C(C)(C)CNc1ncc(N)cc1Br. The summed E-state index contributed by atoms with van der Waals surface area (Å²) in [5.74, 6) is 0.823. The van der Waals surface area contributed by atoms with Crippen molar-refractivity contribution in [2.24, 2.45) is 0 Å². The zero-order valence-electron chi connectivity index (χ0n) is 10.2. The van der Waals surface area contributed by atoms with Crippen molar-refractivity contribution in [3.8, 4) is 0 Å². The number of nitrogens with one attached hydrogen (secondary N) is 1. The number of nitrogens with zero attached hydrogens (tertiary/aromatic N) is 2. The van der Waals surface area contributed by atoms with E-state index >= 15 is 0 Å². The monoisotopic (exact) mass is 286 g/mol. The predicted molar refractivity (Wildman–Crippen MR) is 72.6 cm³/mol. The maximum absolute atomic E-state index is 5.63. The van der Waals surface area contributed by atoms with E-state index in [2.05, 4.69) is 59.1 Å². The third-order valence-corrected chi connectivity index (χ3v) is 3.37. The first-order chi connectivity index (χ1) is 7.33. The van der Waals surface area contributed by atoms with E-state index in [9.17, 15) is 0 Å². The predicted octanol–water partition coefficient (Wildman–Crippen LogP) is 2.18. The molecule has 0 unspecified atom stereocenters. The Labute approximate surface area is 105 Å². The lowest BCUT2D eigenvalue weighted by Gasteiger charge is -2.32. The van der Waals surface area contributed by atoms with Crippen LogP contribution in [0.25, 0.3) is 0 Å².